The highest BCUT2D eigenvalue weighted by atomic mass is 16.5. The van der Waals surface area contributed by atoms with Gasteiger partial charge >= 0.3 is 0 Å². The molecular formula is C16H17NO2. The van der Waals surface area contributed by atoms with Gasteiger partial charge in [0.2, 0.25) is 0 Å². The van der Waals surface area contributed by atoms with Crippen LogP contribution in [0.4, 0.5) is 0 Å². The zero-order chi connectivity index (χ0) is 13.8. The van der Waals surface area contributed by atoms with E-state index >= 15 is 0 Å². The van der Waals surface area contributed by atoms with Crippen LogP contribution in [-0.4, -0.2) is 17.4 Å². The van der Waals surface area contributed by atoms with Crippen molar-refractivity contribution in [3.05, 3.63) is 58.9 Å². The summed E-state index contributed by atoms with van der Waals surface area (Å²) in [5, 5.41) is 0. The number of aryl methyl sites for hydroxylation is 2. The quantitative estimate of drug-likeness (QED) is 0.787. The molecule has 3 heteroatoms. The Hall–Kier alpha value is -2.16. The Morgan fingerprint density at radius 2 is 1.79 bits per heavy atom. The first-order chi connectivity index (χ1) is 9.10. The van der Waals surface area contributed by atoms with E-state index in [2.05, 4.69) is 4.98 Å². The van der Waals surface area contributed by atoms with Gasteiger partial charge in [0, 0.05) is 22.5 Å². The average molecular weight is 255 g/mol. The van der Waals surface area contributed by atoms with E-state index in [0.29, 0.717) is 17.7 Å². The second-order valence-electron chi connectivity index (χ2n) is 4.43. The van der Waals surface area contributed by atoms with Gasteiger partial charge in [-0.1, -0.05) is 12.1 Å². The first-order valence-electron chi connectivity index (χ1n) is 6.33. The van der Waals surface area contributed by atoms with Crippen molar-refractivity contribution in [1.29, 1.82) is 0 Å². The summed E-state index contributed by atoms with van der Waals surface area (Å²) >= 11 is 0. The number of hydrogen-bond donors (Lipinski definition) is 0. The minimum atomic E-state index is -0.00449. The summed E-state index contributed by atoms with van der Waals surface area (Å²) in [6.07, 6.45) is 0. The lowest BCUT2D eigenvalue weighted by Gasteiger charge is -2.07. The van der Waals surface area contributed by atoms with Gasteiger partial charge in [0.15, 0.2) is 5.78 Å². The van der Waals surface area contributed by atoms with Crippen LogP contribution < -0.4 is 4.74 Å². The highest BCUT2D eigenvalue weighted by Gasteiger charge is 2.11. The van der Waals surface area contributed by atoms with Crippen LogP contribution in [0.2, 0.25) is 0 Å². The van der Waals surface area contributed by atoms with E-state index < -0.39 is 0 Å². The number of ether oxygens (including phenoxy) is 1. The van der Waals surface area contributed by atoms with Crippen LogP contribution in [0.15, 0.2) is 36.4 Å². The number of ketones is 1. The molecule has 2 rings (SSSR count). The summed E-state index contributed by atoms with van der Waals surface area (Å²) in [4.78, 5) is 16.7. The van der Waals surface area contributed by atoms with Crippen LogP contribution in [0.3, 0.4) is 0 Å². The minimum Gasteiger partial charge on any atom is -0.494 e. The lowest BCUT2D eigenvalue weighted by atomic mass is 10.0. The maximum atomic E-state index is 12.4. The van der Waals surface area contributed by atoms with Gasteiger partial charge in [0.05, 0.1) is 6.61 Å². The molecule has 1 heterocycles. The summed E-state index contributed by atoms with van der Waals surface area (Å²) < 4.78 is 5.42. The van der Waals surface area contributed by atoms with Crippen LogP contribution in [0.1, 0.15) is 34.2 Å². The number of carbonyl (C=O) groups is 1. The van der Waals surface area contributed by atoms with Gasteiger partial charge in [0.25, 0.3) is 0 Å². The summed E-state index contributed by atoms with van der Waals surface area (Å²) in [5.74, 6) is 0.714. The van der Waals surface area contributed by atoms with Crippen LogP contribution in [0, 0.1) is 13.8 Å². The standard InChI is InChI=1S/C16H17NO2/c1-4-19-15-7-5-6-13(10-15)16(18)14-8-11(2)17-12(3)9-14/h5-10H,4H2,1-3H3. The molecule has 0 spiro atoms. The van der Waals surface area contributed by atoms with Crippen molar-refractivity contribution >= 4 is 5.78 Å². The third-order valence-electron chi connectivity index (χ3n) is 2.75. The number of pyridine rings is 1. The molecule has 0 aliphatic rings. The zero-order valence-corrected chi connectivity index (χ0v) is 11.4. The molecule has 19 heavy (non-hydrogen) atoms. The van der Waals surface area contributed by atoms with Crippen LogP contribution >= 0.6 is 0 Å². The van der Waals surface area contributed by atoms with Gasteiger partial charge in [-0.3, -0.25) is 9.78 Å². The van der Waals surface area contributed by atoms with Crippen molar-refractivity contribution in [3.63, 3.8) is 0 Å². The Balaban J connectivity index is 2.35. The highest BCUT2D eigenvalue weighted by molar-refractivity contribution is 6.09. The largest absolute Gasteiger partial charge is 0.494 e. The molecule has 0 aliphatic heterocycles. The number of nitrogens with zero attached hydrogens (tertiary/aromatic N) is 1. The summed E-state index contributed by atoms with van der Waals surface area (Å²) in [5.41, 5.74) is 3.00. The molecule has 0 saturated heterocycles. The van der Waals surface area contributed by atoms with Crippen molar-refractivity contribution in [2.75, 3.05) is 6.61 Å². The number of rotatable bonds is 4. The SMILES string of the molecule is CCOc1cccc(C(=O)c2cc(C)nc(C)c2)c1. The van der Waals surface area contributed by atoms with Crippen molar-refractivity contribution in [2.45, 2.75) is 20.8 Å². The van der Waals surface area contributed by atoms with Crippen molar-refractivity contribution < 1.29 is 9.53 Å². The average Bonchev–Trinajstić information content (AvgIpc) is 2.37. The van der Waals surface area contributed by atoms with Crippen LogP contribution in [0.25, 0.3) is 0 Å². The number of benzene rings is 1. The molecule has 0 fully saturated rings. The lowest BCUT2D eigenvalue weighted by Crippen LogP contribution is -2.04. The molecule has 0 radical (unpaired) electrons. The second kappa shape index (κ2) is 5.65. The van der Waals surface area contributed by atoms with Crippen LogP contribution in [0.5, 0.6) is 5.75 Å². The predicted molar refractivity (Wildman–Crippen MR) is 74.8 cm³/mol. The van der Waals surface area contributed by atoms with Crippen molar-refractivity contribution in [3.8, 4) is 5.75 Å². The van der Waals surface area contributed by atoms with E-state index in [1.54, 1.807) is 12.1 Å². The Morgan fingerprint density at radius 1 is 1.11 bits per heavy atom. The van der Waals surface area contributed by atoms with E-state index in [0.717, 1.165) is 17.1 Å². The van der Waals surface area contributed by atoms with Gasteiger partial charge in [-0.05, 0) is 45.0 Å². The maximum Gasteiger partial charge on any atom is 0.193 e. The predicted octanol–water partition coefficient (Wildman–Crippen LogP) is 3.33. The second-order valence-corrected chi connectivity index (χ2v) is 4.43. The molecular weight excluding hydrogens is 238 g/mol. The first-order valence-corrected chi connectivity index (χ1v) is 6.33. The van der Waals surface area contributed by atoms with E-state index in [9.17, 15) is 4.79 Å². The van der Waals surface area contributed by atoms with Crippen molar-refractivity contribution in [1.82, 2.24) is 4.98 Å². The molecule has 98 valence electrons. The number of carbonyl (C=O) groups excluding carboxylic acids is 1. The van der Waals surface area contributed by atoms with Gasteiger partial charge in [-0.2, -0.15) is 0 Å². The topological polar surface area (TPSA) is 39.2 Å². The van der Waals surface area contributed by atoms with Gasteiger partial charge in [0.1, 0.15) is 5.75 Å². The number of hydrogen-bond acceptors (Lipinski definition) is 3. The van der Waals surface area contributed by atoms with Gasteiger partial charge in [-0.25, -0.2) is 0 Å². The van der Waals surface area contributed by atoms with Crippen molar-refractivity contribution in [2.24, 2.45) is 0 Å². The summed E-state index contributed by atoms with van der Waals surface area (Å²) in [6, 6.07) is 10.9. The fourth-order valence-corrected chi connectivity index (χ4v) is 2.03. The summed E-state index contributed by atoms with van der Waals surface area (Å²) in [6.45, 7) is 6.29. The molecule has 0 atom stereocenters. The van der Waals surface area contributed by atoms with E-state index in [4.69, 9.17) is 4.74 Å². The molecule has 0 aliphatic carbocycles. The lowest BCUT2D eigenvalue weighted by molar-refractivity contribution is 0.103. The molecule has 0 N–H and O–H groups in total. The van der Waals surface area contributed by atoms with E-state index in [1.165, 1.54) is 0 Å². The fraction of sp³-hybridized carbons (Fsp3) is 0.250. The van der Waals surface area contributed by atoms with E-state index in [-0.39, 0.29) is 5.78 Å². The highest BCUT2D eigenvalue weighted by Crippen LogP contribution is 2.17. The normalized spacial score (nSPS) is 10.3. The molecule has 0 amide bonds. The molecule has 1 aromatic carbocycles. The Kier molecular flexibility index (Phi) is 3.95. The fourth-order valence-electron chi connectivity index (χ4n) is 2.03. The zero-order valence-electron chi connectivity index (χ0n) is 11.4. The summed E-state index contributed by atoms with van der Waals surface area (Å²) in [7, 11) is 0. The monoisotopic (exact) mass is 255 g/mol. The minimum absolute atomic E-state index is 0.00449. The third kappa shape index (κ3) is 3.19. The Bertz CT molecular complexity index is 585. The Morgan fingerprint density at radius 3 is 2.42 bits per heavy atom. The third-order valence-corrected chi connectivity index (χ3v) is 2.75. The van der Waals surface area contributed by atoms with Gasteiger partial charge in [-0.15, -0.1) is 0 Å². The first kappa shape index (κ1) is 13.3. The molecule has 0 unspecified atom stereocenters. The molecule has 0 saturated carbocycles. The molecule has 2 aromatic rings. The number of aromatic nitrogens is 1. The molecule has 3 nitrogen and oxygen atoms in total. The molecule has 1 aromatic heterocycles. The van der Waals surface area contributed by atoms with E-state index in [1.807, 2.05) is 45.0 Å². The Labute approximate surface area is 113 Å². The van der Waals surface area contributed by atoms with Crippen LogP contribution in [-0.2, 0) is 0 Å². The smallest absolute Gasteiger partial charge is 0.193 e. The molecule has 0 bridgehead atoms. The maximum absolute atomic E-state index is 12.4. The van der Waals surface area contributed by atoms with Gasteiger partial charge < -0.3 is 4.74 Å².